The zero-order chi connectivity index (χ0) is 25.5. The second-order valence-corrected chi connectivity index (χ2v) is 9.72. The van der Waals surface area contributed by atoms with Gasteiger partial charge < -0.3 is 19.9 Å². The SMILES string of the molecule is CCc1cc(F)c(OC)c([C@H](C(=O)O)N2CC[C@@H](OCCCCCc3ccc4c(n3)NCCC4)C2)c1. The molecule has 0 amide bonds. The van der Waals surface area contributed by atoms with Crippen LogP contribution in [0.2, 0.25) is 0 Å². The summed E-state index contributed by atoms with van der Waals surface area (Å²) in [5.41, 5.74) is 3.57. The molecule has 196 valence electrons. The molecule has 0 spiro atoms. The number of anilines is 1. The minimum absolute atomic E-state index is 0.00756. The van der Waals surface area contributed by atoms with Crippen LogP contribution in [-0.2, 0) is 28.8 Å². The molecule has 7 nitrogen and oxygen atoms in total. The molecule has 4 rings (SSSR count). The number of aryl methyl sites for hydroxylation is 3. The summed E-state index contributed by atoms with van der Waals surface area (Å²) in [4.78, 5) is 18.9. The Hall–Kier alpha value is -2.71. The van der Waals surface area contributed by atoms with Gasteiger partial charge in [0.15, 0.2) is 11.6 Å². The summed E-state index contributed by atoms with van der Waals surface area (Å²) in [6, 6.07) is 6.54. The van der Waals surface area contributed by atoms with Crippen molar-refractivity contribution < 1.29 is 23.8 Å². The van der Waals surface area contributed by atoms with E-state index in [4.69, 9.17) is 14.5 Å². The second-order valence-electron chi connectivity index (χ2n) is 9.72. The highest BCUT2D eigenvalue weighted by Crippen LogP contribution is 2.35. The second kappa shape index (κ2) is 12.5. The largest absolute Gasteiger partial charge is 0.493 e. The highest BCUT2D eigenvalue weighted by molar-refractivity contribution is 5.77. The van der Waals surface area contributed by atoms with E-state index >= 15 is 0 Å². The van der Waals surface area contributed by atoms with E-state index in [-0.39, 0.29) is 11.9 Å². The molecule has 0 unspecified atom stereocenters. The number of carboxylic acids is 1. The number of halogens is 1. The molecule has 2 aliphatic rings. The van der Waals surface area contributed by atoms with E-state index in [9.17, 15) is 14.3 Å². The Balaban J connectivity index is 1.24. The molecule has 36 heavy (non-hydrogen) atoms. The van der Waals surface area contributed by atoms with Gasteiger partial charge in [0.05, 0.1) is 13.2 Å². The van der Waals surface area contributed by atoms with E-state index < -0.39 is 17.8 Å². The third-order valence-electron chi connectivity index (χ3n) is 7.20. The lowest BCUT2D eigenvalue weighted by Gasteiger charge is -2.26. The van der Waals surface area contributed by atoms with Gasteiger partial charge in [0.2, 0.25) is 0 Å². The van der Waals surface area contributed by atoms with Gasteiger partial charge in [0.25, 0.3) is 0 Å². The van der Waals surface area contributed by atoms with Crippen molar-refractivity contribution >= 4 is 11.8 Å². The number of fused-ring (bicyclic) bond motifs is 1. The minimum atomic E-state index is -1.01. The van der Waals surface area contributed by atoms with Crippen molar-refractivity contribution in [2.24, 2.45) is 0 Å². The maximum absolute atomic E-state index is 14.6. The van der Waals surface area contributed by atoms with Crippen molar-refractivity contribution in [2.45, 2.75) is 70.4 Å². The molecular weight excluding hydrogens is 461 g/mol. The van der Waals surface area contributed by atoms with Gasteiger partial charge in [-0.15, -0.1) is 0 Å². The fourth-order valence-corrected chi connectivity index (χ4v) is 5.25. The fourth-order valence-electron chi connectivity index (χ4n) is 5.25. The highest BCUT2D eigenvalue weighted by atomic mass is 19.1. The van der Waals surface area contributed by atoms with Gasteiger partial charge in [-0.2, -0.15) is 0 Å². The highest BCUT2D eigenvalue weighted by Gasteiger charge is 2.36. The summed E-state index contributed by atoms with van der Waals surface area (Å²) in [6.45, 7) is 4.66. The lowest BCUT2D eigenvalue weighted by molar-refractivity contribution is -0.143. The van der Waals surface area contributed by atoms with Gasteiger partial charge in [-0.3, -0.25) is 9.69 Å². The summed E-state index contributed by atoms with van der Waals surface area (Å²) < 4.78 is 25.9. The van der Waals surface area contributed by atoms with E-state index in [1.54, 1.807) is 6.07 Å². The summed E-state index contributed by atoms with van der Waals surface area (Å²) >= 11 is 0. The standard InChI is InChI=1S/C28H38FN3O4/c1-3-19-16-23(26(35-2)24(29)17-19)25(28(33)34)32-14-12-22(18-32)36-15-6-4-5-9-21-11-10-20-8-7-13-30-27(20)31-21/h10-11,16-17,22,25H,3-9,12-15,18H2,1-2H3,(H,30,31)(H,33,34)/t22-,25-/m1/s1. The van der Waals surface area contributed by atoms with Crippen molar-refractivity contribution in [3.05, 3.63) is 52.5 Å². The molecule has 2 atom stereocenters. The molecule has 0 radical (unpaired) electrons. The van der Waals surface area contributed by atoms with Crippen LogP contribution in [0.3, 0.4) is 0 Å². The average molecular weight is 500 g/mol. The number of likely N-dealkylation sites (tertiary alicyclic amines) is 1. The number of aliphatic carboxylic acids is 1. The molecule has 0 saturated carbocycles. The molecule has 8 heteroatoms. The van der Waals surface area contributed by atoms with Crippen molar-refractivity contribution in [2.75, 3.05) is 38.7 Å². The Morgan fingerprint density at radius 2 is 2.17 bits per heavy atom. The van der Waals surface area contributed by atoms with E-state index in [1.165, 1.54) is 25.2 Å². The van der Waals surface area contributed by atoms with Gasteiger partial charge in [0, 0.05) is 37.5 Å². The predicted octanol–water partition coefficient (Wildman–Crippen LogP) is 4.78. The maximum atomic E-state index is 14.6. The maximum Gasteiger partial charge on any atom is 0.325 e. The van der Waals surface area contributed by atoms with Crippen LogP contribution in [0.25, 0.3) is 0 Å². The molecule has 1 aromatic heterocycles. The molecule has 2 N–H and O–H groups in total. The molecule has 1 aromatic carbocycles. The summed E-state index contributed by atoms with van der Waals surface area (Å²) in [5.74, 6) is -0.470. The third kappa shape index (κ3) is 6.34. The predicted molar refractivity (Wildman–Crippen MR) is 137 cm³/mol. The first-order valence-electron chi connectivity index (χ1n) is 13.2. The first-order valence-corrected chi connectivity index (χ1v) is 13.2. The van der Waals surface area contributed by atoms with Crippen LogP contribution in [0, 0.1) is 5.82 Å². The quantitative estimate of drug-likeness (QED) is 0.407. The lowest BCUT2D eigenvalue weighted by atomic mass is 10.00. The first-order chi connectivity index (χ1) is 17.5. The summed E-state index contributed by atoms with van der Waals surface area (Å²) in [7, 11) is 1.38. The molecule has 0 aliphatic carbocycles. The Morgan fingerprint density at radius 3 is 2.94 bits per heavy atom. The average Bonchev–Trinajstić information content (AvgIpc) is 3.33. The number of hydrogen-bond donors (Lipinski definition) is 2. The fraction of sp³-hybridized carbons (Fsp3) is 0.571. The number of hydrogen-bond acceptors (Lipinski definition) is 6. The molecule has 1 fully saturated rings. The zero-order valence-corrected chi connectivity index (χ0v) is 21.4. The number of nitrogens with one attached hydrogen (secondary N) is 1. The topological polar surface area (TPSA) is 83.9 Å². The number of benzene rings is 1. The molecule has 0 bridgehead atoms. The van der Waals surface area contributed by atoms with E-state index in [2.05, 4.69) is 17.4 Å². The molecule has 3 heterocycles. The number of nitrogens with zero attached hydrogens (tertiary/aromatic N) is 2. The van der Waals surface area contributed by atoms with Gasteiger partial charge in [-0.25, -0.2) is 9.37 Å². The van der Waals surface area contributed by atoms with Crippen molar-refractivity contribution in [1.29, 1.82) is 0 Å². The van der Waals surface area contributed by atoms with Crippen LogP contribution < -0.4 is 10.1 Å². The van der Waals surface area contributed by atoms with Crippen LogP contribution in [0.15, 0.2) is 24.3 Å². The number of rotatable bonds is 12. The zero-order valence-electron chi connectivity index (χ0n) is 21.4. The van der Waals surface area contributed by atoms with Crippen molar-refractivity contribution in [3.63, 3.8) is 0 Å². The third-order valence-corrected chi connectivity index (χ3v) is 7.20. The van der Waals surface area contributed by atoms with Gasteiger partial charge in [-0.05, 0) is 74.3 Å². The Morgan fingerprint density at radius 1 is 1.31 bits per heavy atom. The normalized spacial score (nSPS) is 18.5. The number of ether oxygens (including phenoxy) is 2. The number of carbonyl (C=O) groups is 1. The monoisotopic (exact) mass is 499 g/mol. The Bertz CT molecular complexity index is 1050. The van der Waals surface area contributed by atoms with E-state index in [0.717, 1.165) is 62.1 Å². The van der Waals surface area contributed by atoms with Crippen molar-refractivity contribution in [3.8, 4) is 5.75 Å². The Kier molecular flexibility index (Phi) is 9.15. The smallest absolute Gasteiger partial charge is 0.325 e. The van der Waals surface area contributed by atoms with Crippen LogP contribution >= 0.6 is 0 Å². The molecule has 1 saturated heterocycles. The lowest BCUT2D eigenvalue weighted by Crippen LogP contribution is -2.34. The first kappa shape index (κ1) is 26.4. The molecular formula is C28H38FN3O4. The van der Waals surface area contributed by atoms with Gasteiger partial charge in [0.1, 0.15) is 11.9 Å². The van der Waals surface area contributed by atoms with Crippen molar-refractivity contribution in [1.82, 2.24) is 9.88 Å². The molecule has 2 aromatic rings. The van der Waals surface area contributed by atoms with Crippen LogP contribution in [0.4, 0.5) is 10.2 Å². The number of unbranched alkanes of at least 4 members (excludes halogenated alkanes) is 2. The minimum Gasteiger partial charge on any atom is -0.493 e. The van der Waals surface area contributed by atoms with Gasteiger partial charge in [-0.1, -0.05) is 19.4 Å². The Labute approximate surface area is 213 Å². The van der Waals surface area contributed by atoms with Crippen LogP contribution in [-0.4, -0.2) is 60.4 Å². The van der Waals surface area contributed by atoms with E-state index in [1.807, 2.05) is 11.8 Å². The number of carboxylic acid groups (broad SMARTS) is 1. The van der Waals surface area contributed by atoms with Crippen LogP contribution in [0.1, 0.15) is 67.5 Å². The van der Waals surface area contributed by atoms with Crippen LogP contribution in [0.5, 0.6) is 5.75 Å². The number of methoxy groups -OCH3 is 1. The number of aromatic nitrogens is 1. The van der Waals surface area contributed by atoms with Gasteiger partial charge >= 0.3 is 5.97 Å². The van der Waals surface area contributed by atoms with E-state index in [0.29, 0.717) is 31.7 Å². The summed E-state index contributed by atoms with van der Waals surface area (Å²) in [6.07, 6.45) is 7.66. The summed E-state index contributed by atoms with van der Waals surface area (Å²) in [5, 5.41) is 13.4. The number of pyridine rings is 1. The molecule has 2 aliphatic heterocycles.